The van der Waals surface area contributed by atoms with E-state index in [-0.39, 0.29) is 49.5 Å². The number of fused-ring (bicyclic) bond motifs is 1. The lowest BCUT2D eigenvalue weighted by Crippen LogP contribution is -2.47. The van der Waals surface area contributed by atoms with Crippen molar-refractivity contribution < 1.29 is 59.6 Å². The third-order valence-electron chi connectivity index (χ3n) is 6.73. The van der Waals surface area contributed by atoms with Gasteiger partial charge in [0.2, 0.25) is 0 Å². The molecular formula is C28H32F6N2O7. The van der Waals surface area contributed by atoms with Gasteiger partial charge in [0.05, 0.1) is 50.3 Å². The maximum Gasteiger partial charge on any atom is 0.416 e. The van der Waals surface area contributed by atoms with Crippen LogP contribution in [0.25, 0.3) is 0 Å². The number of benzene rings is 2. The van der Waals surface area contributed by atoms with Crippen molar-refractivity contribution in [2.24, 2.45) is 0 Å². The van der Waals surface area contributed by atoms with E-state index in [0.717, 1.165) is 12.0 Å². The lowest BCUT2D eigenvalue weighted by atomic mass is 9.90. The van der Waals surface area contributed by atoms with Crippen LogP contribution in [0.15, 0.2) is 30.3 Å². The van der Waals surface area contributed by atoms with Crippen molar-refractivity contribution in [3.63, 3.8) is 0 Å². The Morgan fingerprint density at radius 1 is 0.930 bits per heavy atom. The molecule has 0 aromatic heterocycles. The van der Waals surface area contributed by atoms with E-state index in [1.54, 1.807) is 13.8 Å². The molecule has 0 fully saturated rings. The van der Waals surface area contributed by atoms with E-state index in [4.69, 9.17) is 23.7 Å². The Balaban J connectivity index is 2.20. The lowest BCUT2D eigenvalue weighted by molar-refractivity contribution is -0.143. The van der Waals surface area contributed by atoms with Gasteiger partial charge in [0.1, 0.15) is 6.61 Å². The molecule has 2 aromatic rings. The normalized spacial score (nSPS) is 16.8. The molecule has 15 heteroatoms. The standard InChI is InChI=1S/C28H32F6N2O7/c1-6-42-26(38)36-16(2)9-21(20-13-23(40-4)24(14-22(20)36)43-8-7-39-3)35(25(37)41-5)15-17-10-18(27(29,30)31)12-19(11-17)28(32,33)34/h10-14,16,21H,6-9,15H2,1-5H3/t16-,21+/m1/s1. The molecule has 238 valence electrons. The number of nitrogens with zero attached hydrogens (tertiary/aromatic N) is 2. The summed E-state index contributed by atoms with van der Waals surface area (Å²) in [7, 11) is 3.87. The first-order valence-electron chi connectivity index (χ1n) is 13.1. The highest BCUT2D eigenvalue weighted by atomic mass is 19.4. The third kappa shape index (κ3) is 7.75. The summed E-state index contributed by atoms with van der Waals surface area (Å²) in [5, 5.41) is 0. The van der Waals surface area contributed by atoms with Crippen LogP contribution in [0.3, 0.4) is 0 Å². The Hall–Kier alpha value is -3.88. The highest BCUT2D eigenvalue weighted by Gasteiger charge is 2.41. The van der Waals surface area contributed by atoms with E-state index in [1.807, 2.05) is 0 Å². The number of alkyl halides is 6. The fourth-order valence-corrected chi connectivity index (χ4v) is 4.83. The Labute approximate surface area is 244 Å². The fourth-order valence-electron chi connectivity index (χ4n) is 4.83. The van der Waals surface area contributed by atoms with Gasteiger partial charge in [-0.15, -0.1) is 0 Å². The lowest BCUT2D eigenvalue weighted by Gasteiger charge is -2.42. The minimum atomic E-state index is -5.08. The number of amides is 2. The zero-order valence-corrected chi connectivity index (χ0v) is 24.1. The van der Waals surface area contributed by atoms with Gasteiger partial charge in [0.25, 0.3) is 0 Å². The second kappa shape index (κ2) is 13.6. The van der Waals surface area contributed by atoms with Crippen molar-refractivity contribution in [2.45, 2.75) is 51.2 Å². The fraction of sp³-hybridized carbons (Fsp3) is 0.500. The Morgan fingerprint density at radius 2 is 1.56 bits per heavy atom. The Bertz CT molecular complexity index is 1270. The van der Waals surface area contributed by atoms with Gasteiger partial charge in [0.15, 0.2) is 11.5 Å². The first kappa shape index (κ1) is 33.6. The zero-order chi connectivity index (χ0) is 32.1. The van der Waals surface area contributed by atoms with Gasteiger partial charge in [-0.25, -0.2) is 9.59 Å². The maximum absolute atomic E-state index is 13.6. The molecule has 9 nitrogen and oxygen atoms in total. The molecule has 3 rings (SSSR count). The van der Waals surface area contributed by atoms with E-state index in [0.29, 0.717) is 17.7 Å². The van der Waals surface area contributed by atoms with E-state index >= 15 is 0 Å². The molecule has 0 aliphatic carbocycles. The smallest absolute Gasteiger partial charge is 0.416 e. The highest BCUT2D eigenvalue weighted by molar-refractivity contribution is 5.91. The van der Waals surface area contributed by atoms with Gasteiger partial charge < -0.3 is 23.7 Å². The van der Waals surface area contributed by atoms with Gasteiger partial charge >= 0.3 is 24.5 Å². The molecule has 0 N–H and O–H groups in total. The second-order valence-corrected chi connectivity index (χ2v) is 9.58. The largest absolute Gasteiger partial charge is 0.493 e. The first-order valence-corrected chi connectivity index (χ1v) is 13.1. The quantitative estimate of drug-likeness (QED) is 0.224. The summed E-state index contributed by atoms with van der Waals surface area (Å²) in [5.74, 6) is 0.416. The molecule has 43 heavy (non-hydrogen) atoms. The van der Waals surface area contributed by atoms with Gasteiger partial charge in [-0.1, -0.05) is 0 Å². The van der Waals surface area contributed by atoms with Crippen LogP contribution >= 0.6 is 0 Å². The van der Waals surface area contributed by atoms with Crippen LogP contribution in [0.2, 0.25) is 0 Å². The van der Waals surface area contributed by atoms with E-state index < -0.39 is 59.9 Å². The number of carbonyl (C=O) groups is 2. The minimum absolute atomic E-state index is 0.0111. The predicted octanol–water partition coefficient (Wildman–Crippen LogP) is 6.82. The molecule has 0 saturated heterocycles. The van der Waals surface area contributed by atoms with Gasteiger partial charge in [-0.05, 0) is 50.1 Å². The molecule has 2 atom stereocenters. The summed E-state index contributed by atoms with van der Waals surface area (Å²) in [6.45, 7) is 3.00. The first-order chi connectivity index (χ1) is 20.2. The van der Waals surface area contributed by atoms with Crippen LogP contribution < -0.4 is 14.4 Å². The average Bonchev–Trinajstić information content (AvgIpc) is 2.94. The van der Waals surface area contributed by atoms with Crippen LogP contribution in [-0.2, 0) is 33.1 Å². The second-order valence-electron chi connectivity index (χ2n) is 9.58. The van der Waals surface area contributed by atoms with Crippen LogP contribution in [0.5, 0.6) is 11.5 Å². The third-order valence-corrected chi connectivity index (χ3v) is 6.73. The monoisotopic (exact) mass is 622 g/mol. The molecule has 1 aliphatic rings. The number of anilines is 1. The number of carbonyl (C=O) groups excluding carboxylic acids is 2. The van der Waals surface area contributed by atoms with Crippen molar-refractivity contribution >= 4 is 17.9 Å². The molecule has 1 heterocycles. The van der Waals surface area contributed by atoms with Gasteiger partial charge in [-0.2, -0.15) is 26.3 Å². The molecule has 1 aliphatic heterocycles. The summed E-state index contributed by atoms with van der Waals surface area (Å²) in [6, 6.07) is 2.48. The molecule has 0 saturated carbocycles. The highest BCUT2D eigenvalue weighted by Crippen LogP contribution is 2.47. The summed E-state index contributed by atoms with van der Waals surface area (Å²) >= 11 is 0. The SMILES string of the molecule is CCOC(=O)N1c2cc(OCCOC)c(OC)cc2[C@@H](N(Cc2cc(C(F)(F)F)cc(C(F)(F)F)c2)C(=O)OC)C[C@H]1C. The Morgan fingerprint density at radius 3 is 2.07 bits per heavy atom. The van der Waals surface area contributed by atoms with Crippen molar-refractivity contribution in [1.29, 1.82) is 0 Å². The van der Waals surface area contributed by atoms with Crippen LogP contribution in [0.4, 0.5) is 41.6 Å². The van der Waals surface area contributed by atoms with Crippen molar-refractivity contribution in [3.8, 4) is 11.5 Å². The van der Waals surface area contributed by atoms with Crippen molar-refractivity contribution in [2.75, 3.05) is 46.0 Å². The topological polar surface area (TPSA) is 86.8 Å². The number of ether oxygens (including phenoxy) is 5. The van der Waals surface area contributed by atoms with E-state index in [2.05, 4.69) is 0 Å². The zero-order valence-electron chi connectivity index (χ0n) is 24.1. The summed E-state index contributed by atoms with van der Waals surface area (Å²) in [6.07, 6.45) is -11.9. The molecule has 2 amide bonds. The number of halogens is 6. The maximum atomic E-state index is 13.6. The van der Waals surface area contributed by atoms with Crippen molar-refractivity contribution in [3.05, 3.63) is 52.6 Å². The van der Waals surface area contributed by atoms with Crippen LogP contribution in [0, 0.1) is 0 Å². The van der Waals surface area contributed by atoms with Crippen LogP contribution in [0.1, 0.15) is 48.6 Å². The predicted molar refractivity (Wildman–Crippen MR) is 141 cm³/mol. The molecular weight excluding hydrogens is 590 g/mol. The molecule has 0 unspecified atom stereocenters. The summed E-state index contributed by atoms with van der Waals surface area (Å²) < 4.78 is 108. The Kier molecular flexibility index (Phi) is 10.6. The van der Waals surface area contributed by atoms with Gasteiger partial charge in [0, 0.05) is 31.3 Å². The van der Waals surface area contributed by atoms with E-state index in [1.165, 1.54) is 31.3 Å². The summed E-state index contributed by atoms with van der Waals surface area (Å²) in [5.41, 5.74) is -2.93. The number of hydrogen-bond acceptors (Lipinski definition) is 7. The van der Waals surface area contributed by atoms with E-state index in [9.17, 15) is 35.9 Å². The number of methoxy groups -OCH3 is 3. The molecule has 0 spiro atoms. The van der Waals surface area contributed by atoms with Crippen LogP contribution in [-0.4, -0.2) is 64.3 Å². The number of hydrogen-bond donors (Lipinski definition) is 0. The minimum Gasteiger partial charge on any atom is -0.493 e. The van der Waals surface area contributed by atoms with Gasteiger partial charge in [-0.3, -0.25) is 9.80 Å². The average molecular weight is 623 g/mol. The molecule has 0 bridgehead atoms. The number of rotatable bonds is 9. The molecule has 0 radical (unpaired) electrons. The van der Waals surface area contributed by atoms with Crippen molar-refractivity contribution in [1.82, 2.24) is 4.90 Å². The summed E-state index contributed by atoms with van der Waals surface area (Å²) in [4.78, 5) is 28.4. The molecule has 2 aromatic carbocycles.